The van der Waals surface area contributed by atoms with Crippen LogP contribution < -0.4 is 5.32 Å². The first-order valence-corrected chi connectivity index (χ1v) is 9.96. The Morgan fingerprint density at radius 1 is 1.26 bits per heavy atom. The van der Waals surface area contributed by atoms with Crippen molar-refractivity contribution in [2.45, 2.75) is 58.5 Å². The van der Waals surface area contributed by atoms with Crippen molar-refractivity contribution in [3.8, 4) is 0 Å². The van der Waals surface area contributed by atoms with Crippen LogP contribution in [-0.2, 0) is 6.42 Å². The van der Waals surface area contributed by atoms with E-state index in [1.165, 1.54) is 11.1 Å². The Labute approximate surface area is 161 Å². The van der Waals surface area contributed by atoms with Gasteiger partial charge in [-0.15, -0.1) is 5.10 Å². The quantitative estimate of drug-likeness (QED) is 0.850. The number of benzene rings is 1. The largest absolute Gasteiger partial charge is 0.337 e. The van der Waals surface area contributed by atoms with Crippen LogP contribution in [-0.4, -0.2) is 52.0 Å². The van der Waals surface area contributed by atoms with E-state index in [1.807, 2.05) is 23.6 Å². The predicted molar refractivity (Wildman–Crippen MR) is 107 cm³/mol. The van der Waals surface area contributed by atoms with Gasteiger partial charge in [-0.3, -0.25) is 4.79 Å². The Kier molecular flexibility index (Phi) is 6.26. The summed E-state index contributed by atoms with van der Waals surface area (Å²) >= 11 is 0. The molecule has 1 aliphatic rings. The number of aryl methyl sites for hydroxylation is 1. The molecule has 146 valence electrons. The lowest BCUT2D eigenvalue weighted by molar-refractivity contribution is 0.0720. The smallest absolute Gasteiger partial charge is 0.276 e. The number of nitrogens with zero attached hydrogens (tertiary/aromatic N) is 4. The molecule has 0 spiro atoms. The number of hydrogen-bond acceptors (Lipinski definition) is 4. The highest BCUT2D eigenvalue weighted by Gasteiger charge is 2.27. The molecule has 0 aliphatic carbocycles. The molecule has 1 aliphatic heterocycles. The van der Waals surface area contributed by atoms with E-state index in [0.717, 1.165) is 44.5 Å². The minimum Gasteiger partial charge on any atom is -0.337 e. The van der Waals surface area contributed by atoms with E-state index in [1.54, 1.807) is 0 Å². The average molecular weight is 370 g/mol. The minimum absolute atomic E-state index is 0.0355. The Bertz CT molecular complexity index is 761. The third-order valence-electron chi connectivity index (χ3n) is 5.72. The van der Waals surface area contributed by atoms with Crippen LogP contribution in [0.4, 0.5) is 0 Å². The number of piperidine rings is 1. The molecule has 27 heavy (non-hydrogen) atoms. The number of carbonyl (C=O) groups excluding carboxylic acids is 1. The van der Waals surface area contributed by atoms with Gasteiger partial charge in [0.25, 0.3) is 5.91 Å². The zero-order valence-corrected chi connectivity index (χ0v) is 16.9. The predicted octanol–water partition coefficient (Wildman–Crippen LogP) is 2.91. The number of hydrogen-bond donors (Lipinski definition) is 1. The fourth-order valence-corrected chi connectivity index (χ4v) is 3.82. The summed E-state index contributed by atoms with van der Waals surface area (Å²) in [6.07, 6.45) is 3.80. The molecule has 0 radical (unpaired) electrons. The number of nitrogens with one attached hydrogen (secondary N) is 1. The molecule has 1 aromatic carbocycles. The zero-order valence-electron chi connectivity index (χ0n) is 16.9. The van der Waals surface area contributed by atoms with E-state index >= 15 is 0 Å². The van der Waals surface area contributed by atoms with E-state index in [9.17, 15) is 4.79 Å². The number of carbonyl (C=O) groups is 1. The summed E-state index contributed by atoms with van der Waals surface area (Å²) in [5.41, 5.74) is 3.87. The van der Waals surface area contributed by atoms with Crippen molar-refractivity contribution < 1.29 is 4.79 Å². The first-order chi connectivity index (χ1) is 13.0. The fourth-order valence-electron chi connectivity index (χ4n) is 3.82. The summed E-state index contributed by atoms with van der Waals surface area (Å²) in [6, 6.07) is 9.02. The van der Waals surface area contributed by atoms with Gasteiger partial charge in [0.2, 0.25) is 0 Å². The first-order valence-electron chi connectivity index (χ1n) is 9.96. The minimum atomic E-state index is -0.0355. The van der Waals surface area contributed by atoms with E-state index in [4.69, 9.17) is 0 Å². The van der Waals surface area contributed by atoms with Crippen LogP contribution in [0.15, 0.2) is 24.3 Å². The zero-order chi connectivity index (χ0) is 19.4. The van der Waals surface area contributed by atoms with Crippen molar-refractivity contribution in [1.29, 1.82) is 0 Å². The van der Waals surface area contributed by atoms with Gasteiger partial charge in [0.15, 0.2) is 5.69 Å². The van der Waals surface area contributed by atoms with E-state index in [2.05, 4.69) is 53.7 Å². The Balaban J connectivity index is 1.73. The van der Waals surface area contributed by atoms with Gasteiger partial charge in [-0.2, -0.15) is 0 Å². The number of likely N-dealkylation sites (N-methyl/N-ethyl adjacent to an activating group) is 1. The van der Waals surface area contributed by atoms with Gasteiger partial charge in [-0.1, -0.05) is 42.0 Å². The van der Waals surface area contributed by atoms with E-state index < -0.39 is 0 Å². The molecule has 2 heterocycles. The van der Waals surface area contributed by atoms with Crippen molar-refractivity contribution in [2.24, 2.45) is 0 Å². The molecule has 1 atom stereocenters. The molecule has 1 aromatic heterocycles. The van der Waals surface area contributed by atoms with Crippen molar-refractivity contribution in [1.82, 2.24) is 25.2 Å². The van der Waals surface area contributed by atoms with Crippen LogP contribution >= 0.6 is 0 Å². The monoisotopic (exact) mass is 369 g/mol. The third-order valence-corrected chi connectivity index (χ3v) is 5.72. The summed E-state index contributed by atoms with van der Waals surface area (Å²) in [4.78, 5) is 14.9. The molecule has 1 amide bonds. The summed E-state index contributed by atoms with van der Waals surface area (Å²) in [6.45, 7) is 8.15. The van der Waals surface area contributed by atoms with Crippen LogP contribution in [0.25, 0.3) is 0 Å². The van der Waals surface area contributed by atoms with Gasteiger partial charge in [-0.05, 0) is 58.2 Å². The molecule has 2 aromatic rings. The van der Waals surface area contributed by atoms with Crippen molar-refractivity contribution in [3.05, 3.63) is 46.8 Å². The number of rotatable bonds is 6. The molecule has 3 rings (SSSR count). The highest BCUT2D eigenvalue weighted by molar-refractivity contribution is 5.93. The maximum Gasteiger partial charge on any atom is 0.276 e. The highest BCUT2D eigenvalue weighted by Crippen LogP contribution is 2.22. The lowest BCUT2D eigenvalue weighted by atomic mass is 10.0. The van der Waals surface area contributed by atoms with Gasteiger partial charge in [-0.25, -0.2) is 4.68 Å². The van der Waals surface area contributed by atoms with Crippen LogP contribution in [0.1, 0.15) is 59.5 Å². The normalized spacial score (nSPS) is 16.3. The molecule has 0 saturated carbocycles. The van der Waals surface area contributed by atoms with E-state index in [-0.39, 0.29) is 11.9 Å². The molecule has 6 nitrogen and oxygen atoms in total. The SMILES string of the molecule is CCC(Cc1ccc(C)cc1)N(C)C(=O)c1nnn(C2CCNCC2)c1C. The van der Waals surface area contributed by atoms with Crippen LogP contribution in [0.5, 0.6) is 0 Å². The van der Waals surface area contributed by atoms with Gasteiger partial charge >= 0.3 is 0 Å². The molecule has 1 fully saturated rings. The second-order valence-corrected chi connectivity index (χ2v) is 7.62. The Morgan fingerprint density at radius 3 is 2.56 bits per heavy atom. The lowest BCUT2D eigenvalue weighted by Crippen LogP contribution is -2.38. The number of amides is 1. The second-order valence-electron chi connectivity index (χ2n) is 7.62. The van der Waals surface area contributed by atoms with Crippen molar-refractivity contribution >= 4 is 5.91 Å². The highest BCUT2D eigenvalue weighted by atomic mass is 16.2. The Morgan fingerprint density at radius 2 is 1.93 bits per heavy atom. The molecule has 0 bridgehead atoms. The van der Waals surface area contributed by atoms with Crippen molar-refractivity contribution in [3.63, 3.8) is 0 Å². The summed E-state index contributed by atoms with van der Waals surface area (Å²) in [7, 11) is 1.88. The molecule has 1 N–H and O–H groups in total. The van der Waals surface area contributed by atoms with Gasteiger partial charge in [0.1, 0.15) is 0 Å². The first kappa shape index (κ1) is 19.5. The lowest BCUT2D eigenvalue weighted by Gasteiger charge is -2.27. The standard InChI is InChI=1S/C21H31N5O/c1-5-18(14-17-8-6-15(2)7-9-17)25(4)21(27)20-16(3)26(24-23-20)19-10-12-22-13-11-19/h6-9,18-19,22H,5,10-14H2,1-4H3. The summed E-state index contributed by atoms with van der Waals surface area (Å²) < 4.78 is 1.95. The van der Waals surface area contributed by atoms with Crippen LogP contribution in [0.2, 0.25) is 0 Å². The average Bonchev–Trinajstić information content (AvgIpc) is 3.08. The van der Waals surface area contributed by atoms with Crippen LogP contribution in [0, 0.1) is 13.8 Å². The van der Waals surface area contributed by atoms with E-state index in [0.29, 0.717) is 11.7 Å². The second kappa shape index (κ2) is 8.65. The third kappa shape index (κ3) is 4.38. The topological polar surface area (TPSA) is 63.1 Å². The molecular formula is C21H31N5O. The maximum atomic E-state index is 13.1. The Hall–Kier alpha value is -2.21. The number of aromatic nitrogens is 3. The van der Waals surface area contributed by atoms with Gasteiger partial charge < -0.3 is 10.2 Å². The van der Waals surface area contributed by atoms with Crippen LogP contribution in [0.3, 0.4) is 0 Å². The van der Waals surface area contributed by atoms with Crippen molar-refractivity contribution in [2.75, 3.05) is 20.1 Å². The maximum absolute atomic E-state index is 13.1. The molecule has 1 saturated heterocycles. The molecule has 6 heteroatoms. The van der Waals surface area contributed by atoms with Gasteiger partial charge in [0, 0.05) is 13.1 Å². The molecule has 1 unspecified atom stereocenters. The summed E-state index contributed by atoms with van der Waals surface area (Å²) in [5.74, 6) is -0.0355. The molecular weight excluding hydrogens is 338 g/mol. The fraction of sp³-hybridized carbons (Fsp3) is 0.571. The van der Waals surface area contributed by atoms with Gasteiger partial charge in [0.05, 0.1) is 11.7 Å². The summed E-state index contributed by atoms with van der Waals surface area (Å²) in [5, 5.41) is 11.9.